The van der Waals surface area contributed by atoms with E-state index in [2.05, 4.69) is 10.3 Å². The first-order chi connectivity index (χ1) is 16.8. The molecule has 3 rings (SSSR count). The Morgan fingerprint density at radius 1 is 1.20 bits per heavy atom. The summed E-state index contributed by atoms with van der Waals surface area (Å²) in [6, 6.07) is 12.9. The summed E-state index contributed by atoms with van der Waals surface area (Å²) in [5, 5.41) is 23.5. The van der Waals surface area contributed by atoms with Gasteiger partial charge in [-0.1, -0.05) is 48.0 Å². The van der Waals surface area contributed by atoms with Crippen molar-refractivity contribution in [3.8, 4) is 0 Å². The predicted molar refractivity (Wildman–Crippen MR) is 131 cm³/mol. The molecule has 35 heavy (non-hydrogen) atoms. The first-order valence-electron chi connectivity index (χ1n) is 11.0. The molecule has 0 unspecified atom stereocenters. The molecule has 0 bridgehead atoms. The molecule has 2 atom stereocenters. The second-order valence-electron chi connectivity index (χ2n) is 8.08. The Bertz CT molecular complexity index is 1180. The van der Waals surface area contributed by atoms with Gasteiger partial charge in [0.05, 0.1) is 23.8 Å². The number of aromatic nitrogens is 1. The third-order valence-electron chi connectivity index (χ3n) is 5.60. The number of halogens is 2. The molecule has 2 amide bonds. The van der Waals surface area contributed by atoms with Crippen molar-refractivity contribution in [3.05, 3.63) is 71.1 Å². The summed E-state index contributed by atoms with van der Waals surface area (Å²) in [5.74, 6) is -0.577. The Hall–Kier alpha value is -3.27. The number of benzene rings is 2. The summed E-state index contributed by atoms with van der Waals surface area (Å²) in [6.45, 7) is -0.732. The lowest BCUT2D eigenvalue weighted by atomic mass is 10.1. The van der Waals surface area contributed by atoms with Gasteiger partial charge in [-0.3, -0.25) is 10.1 Å². The second kappa shape index (κ2) is 12.4. The van der Waals surface area contributed by atoms with E-state index in [0.717, 1.165) is 10.8 Å². The molecule has 0 saturated heterocycles. The number of rotatable bonds is 10. The SMILES string of the molecule is CN(C(=O)CCc1cccc(F)c1Cl)[C@@H](COC(=O)Nc1cc2ccccc2cn1)C[C@@H](O)CO. The van der Waals surface area contributed by atoms with Crippen molar-refractivity contribution < 1.29 is 28.9 Å². The van der Waals surface area contributed by atoms with E-state index in [9.17, 15) is 24.2 Å². The Balaban J connectivity index is 1.59. The summed E-state index contributed by atoms with van der Waals surface area (Å²) >= 11 is 5.96. The van der Waals surface area contributed by atoms with Gasteiger partial charge in [-0.2, -0.15) is 0 Å². The van der Waals surface area contributed by atoms with Crippen molar-refractivity contribution in [2.75, 3.05) is 25.6 Å². The van der Waals surface area contributed by atoms with Crippen molar-refractivity contribution in [1.29, 1.82) is 0 Å². The molecule has 0 aliphatic carbocycles. The van der Waals surface area contributed by atoms with Gasteiger partial charge in [0.1, 0.15) is 18.2 Å². The van der Waals surface area contributed by atoms with Crippen LogP contribution in [0.15, 0.2) is 54.7 Å². The fraction of sp³-hybridized carbons (Fsp3) is 0.320. The van der Waals surface area contributed by atoms with Crippen LogP contribution in [0.1, 0.15) is 18.4 Å². The largest absolute Gasteiger partial charge is 0.447 e. The number of pyridine rings is 1. The van der Waals surface area contributed by atoms with Crippen molar-refractivity contribution in [1.82, 2.24) is 9.88 Å². The van der Waals surface area contributed by atoms with Crippen LogP contribution in [0.5, 0.6) is 0 Å². The van der Waals surface area contributed by atoms with Crippen LogP contribution in [-0.2, 0) is 16.0 Å². The minimum absolute atomic E-state index is 0.0129. The normalized spacial score (nSPS) is 12.7. The highest BCUT2D eigenvalue weighted by Crippen LogP contribution is 2.22. The van der Waals surface area contributed by atoms with Crippen LogP contribution in [0.25, 0.3) is 10.8 Å². The average Bonchev–Trinajstić information content (AvgIpc) is 2.86. The quantitative estimate of drug-likeness (QED) is 0.388. The average molecular weight is 504 g/mol. The summed E-state index contributed by atoms with van der Waals surface area (Å²) < 4.78 is 18.9. The molecule has 0 radical (unpaired) electrons. The van der Waals surface area contributed by atoms with Gasteiger partial charge in [0.25, 0.3) is 0 Å². The highest BCUT2D eigenvalue weighted by Gasteiger charge is 2.24. The van der Waals surface area contributed by atoms with Gasteiger partial charge in [-0.25, -0.2) is 14.2 Å². The molecule has 0 spiro atoms. The monoisotopic (exact) mass is 503 g/mol. The van der Waals surface area contributed by atoms with Gasteiger partial charge in [0.2, 0.25) is 5.91 Å². The standard InChI is InChI=1S/C25H27ClFN3O5/c1-30(23(33)10-9-16-7-4-8-21(27)24(16)26)19(12-20(32)14-31)15-35-25(34)29-22-11-17-5-2-3-6-18(17)13-28-22/h2-8,11,13,19-20,31-32H,9-10,12,14-15H2,1H3,(H,28,29,34)/t19-,20-/m1/s1. The number of aryl methyl sites for hydroxylation is 1. The number of hydrogen-bond donors (Lipinski definition) is 3. The first kappa shape index (κ1) is 26.3. The summed E-state index contributed by atoms with van der Waals surface area (Å²) in [4.78, 5) is 30.6. The zero-order chi connectivity index (χ0) is 25.4. The number of carbonyl (C=O) groups excluding carboxylic acids is 2. The van der Waals surface area contributed by atoms with Crippen molar-refractivity contribution in [3.63, 3.8) is 0 Å². The minimum atomic E-state index is -1.11. The van der Waals surface area contributed by atoms with Crippen LogP contribution in [0.2, 0.25) is 5.02 Å². The fourth-order valence-corrected chi connectivity index (χ4v) is 3.77. The molecule has 10 heteroatoms. The van der Waals surface area contributed by atoms with Gasteiger partial charge >= 0.3 is 6.09 Å². The highest BCUT2D eigenvalue weighted by molar-refractivity contribution is 6.31. The van der Waals surface area contributed by atoms with E-state index in [-0.39, 0.29) is 36.8 Å². The number of aliphatic hydroxyl groups excluding tert-OH is 2. The molecular formula is C25H27ClFN3O5. The topological polar surface area (TPSA) is 112 Å². The molecule has 0 aliphatic heterocycles. The van der Waals surface area contributed by atoms with E-state index in [1.54, 1.807) is 18.3 Å². The number of hydrogen-bond acceptors (Lipinski definition) is 6. The lowest BCUT2D eigenvalue weighted by Gasteiger charge is -2.29. The number of amides is 2. The number of aliphatic hydroxyl groups is 2. The molecule has 186 valence electrons. The van der Waals surface area contributed by atoms with Crippen LogP contribution < -0.4 is 5.32 Å². The maximum Gasteiger partial charge on any atom is 0.412 e. The molecule has 3 N–H and O–H groups in total. The van der Waals surface area contributed by atoms with E-state index < -0.39 is 30.7 Å². The first-order valence-corrected chi connectivity index (χ1v) is 11.4. The lowest BCUT2D eigenvalue weighted by molar-refractivity contribution is -0.133. The molecule has 1 aromatic heterocycles. The number of ether oxygens (including phenoxy) is 1. The number of nitrogens with zero attached hydrogens (tertiary/aromatic N) is 2. The predicted octanol–water partition coefficient (Wildman–Crippen LogP) is 3.78. The van der Waals surface area contributed by atoms with Gasteiger partial charge in [0.15, 0.2) is 0 Å². The van der Waals surface area contributed by atoms with Crippen LogP contribution in [0.3, 0.4) is 0 Å². The Morgan fingerprint density at radius 3 is 2.69 bits per heavy atom. The van der Waals surface area contributed by atoms with Crippen molar-refractivity contribution in [2.24, 2.45) is 0 Å². The zero-order valence-electron chi connectivity index (χ0n) is 19.2. The lowest BCUT2D eigenvalue weighted by Crippen LogP contribution is -2.43. The molecular weight excluding hydrogens is 477 g/mol. The van der Waals surface area contributed by atoms with E-state index in [1.165, 1.54) is 24.1 Å². The molecule has 1 heterocycles. The van der Waals surface area contributed by atoms with E-state index in [4.69, 9.17) is 16.3 Å². The van der Waals surface area contributed by atoms with Crippen LogP contribution in [-0.4, -0.2) is 64.5 Å². The van der Waals surface area contributed by atoms with E-state index >= 15 is 0 Å². The third kappa shape index (κ3) is 7.35. The number of fused-ring (bicyclic) bond motifs is 1. The van der Waals surface area contributed by atoms with Gasteiger partial charge in [-0.15, -0.1) is 0 Å². The Morgan fingerprint density at radius 2 is 1.94 bits per heavy atom. The van der Waals surface area contributed by atoms with Crippen LogP contribution in [0.4, 0.5) is 15.0 Å². The second-order valence-corrected chi connectivity index (χ2v) is 8.46. The fourth-order valence-electron chi connectivity index (χ4n) is 3.55. The van der Waals surface area contributed by atoms with Gasteiger partial charge < -0.3 is 19.8 Å². The number of likely N-dealkylation sites (N-methyl/N-ethyl adjacent to an activating group) is 1. The molecule has 0 fully saturated rings. The van der Waals surface area contributed by atoms with E-state index in [0.29, 0.717) is 11.4 Å². The summed E-state index contributed by atoms with van der Waals surface area (Å²) in [6.07, 6.45) is -0.0305. The highest BCUT2D eigenvalue weighted by atomic mass is 35.5. The number of nitrogens with one attached hydrogen (secondary N) is 1. The minimum Gasteiger partial charge on any atom is -0.447 e. The third-order valence-corrected chi connectivity index (χ3v) is 6.03. The maximum atomic E-state index is 13.6. The van der Waals surface area contributed by atoms with Crippen molar-refractivity contribution in [2.45, 2.75) is 31.4 Å². The maximum absolute atomic E-state index is 13.6. The van der Waals surface area contributed by atoms with Gasteiger partial charge in [-0.05, 0) is 35.9 Å². The Labute approximate surface area is 207 Å². The molecule has 2 aromatic carbocycles. The van der Waals surface area contributed by atoms with Crippen molar-refractivity contribution >= 4 is 40.2 Å². The molecule has 3 aromatic rings. The number of anilines is 1. The smallest absolute Gasteiger partial charge is 0.412 e. The van der Waals surface area contributed by atoms with Gasteiger partial charge in [0, 0.05) is 25.1 Å². The zero-order valence-corrected chi connectivity index (χ0v) is 19.9. The Kier molecular flexibility index (Phi) is 9.36. The molecule has 0 saturated carbocycles. The molecule has 0 aliphatic rings. The molecule has 8 nitrogen and oxygen atoms in total. The number of carbonyl (C=O) groups is 2. The van der Waals surface area contributed by atoms with Crippen LogP contribution in [0, 0.1) is 5.82 Å². The van der Waals surface area contributed by atoms with E-state index in [1.807, 2.05) is 24.3 Å². The van der Waals surface area contributed by atoms with Crippen LogP contribution >= 0.6 is 11.6 Å². The summed E-state index contributed by atoms with van der Waals surface area (Å²) in [7, 11) is 1.51. The summed E-state index contributed by atoms with van der Waals surface area (Å²) in [5.41, 5.74) is 0.499.